The Kier molecular flexibility index (Phi) is 4.65. The second-order valence-electron chi connectivity index (χ2n) is 5.47. The zero-order chi connectivity index (χ0) is 14.6. The average Bonchev–Trinajstić information content (AvgIpc) is 2.79. The Labute approximate surface area is 115 Å². The van der Waals surface area contributed by atoms with Gasteiger partial charge in [0.2, 0.25) is 0 Å². The average molecular weight is 288 g/mol. The molecule has 1 N–H and O–H groups in total. The van der Waals surface area contributed by atoms with E-state index in [4.69, 9.17) is 10.3 Å². The lowest BCUT2D eigenvalue weighted by Gasteiger charge is -2.29. The molecule has 1 amide bonds. The van der Waals surface area contributed by atoms with Gasteiger partial charge in [0.15, 0.2) is 6.10 Å². The van der Waals surface area contributed by atoms with E-state index in [1.807, 2.05) is 0 Å². The number of rotatable bonds is 5. The quantitative estimate of drug-likeness (QED) is 0.477. The number of hydrogen-bond acceptors (Lipinski definition) is 3. The second kappa shape index (κ2) is 6.26. The molecule has 2 rings (SSSR count). The summed E-state index contributed by atoms with van der Waals surface area (Å²) in [5, 5.41) is 5.36. The molecule has 2 atom stereocenters. The van der Waals surface area contributed by atoms with Crippen molar-refractivity contribution in [3.05, 3.63) is 10.4 Å². The maximum Gasteiger partial charge on any atom is 0.408 e. The molecule has 112 valence electrons. The van der Waals surface area contributed by atoms with Crippen LogP contribution in [0, 0.1) is 5.92 Å². The van der Waals surface area contributed by atoms with Gasteiger partial charge in [0.25, 0.3) is 5.92 Å². The molecule has 2 fully saturated rings. The number of carbonyl (C=O) groups is 1. The molecular formula is C12H18F2N4O2. The highest BCUT2D eigenvalue weighted by Crippen LogP contribution is 2.34. The summed E-state index contributed by atoms with van der Waals surface area (Å²) >= 11 is 0. The van der Waals surface area contributed by atoms with Crippen molar-refractivity contribution in [2.75, 3.05) is 6.54 Å². The zero-order valence-corrected chi connectivity index (χ0v) is 11.1. The van der Waals surface area contributed by atoms with Crippen LogP contribution in [0.5, 0.6) is 0 Å². The first-order chi connectivity index (χ1) is 9.53. The molecule has 0 aromatic carbocycles. The Morgan fingerprint density at radius 3 is 2.75 bits per heavy atom. The molecule has 6 nitrogen and oxygen atoms in total. The molecule has 0 bridgehead atoms. The lowest BCUT2D eigenvalue weighted by molar-refractivity contribution is -0.0976. The molecular weight excluding hydrogens is 270 g/mol. The van der Waals surface area contributed by atoms with Crippen molar-refractivity contribution in [2.24, 2.45) is 11.0 Å². The number of amides is 1. The van der Waals surface area contributed by atoms with Gasteiger partial charge in [-0.15, -0.1) is 0 Å². The van der Waals surface area contributed by atoms with E-state index < -0.39 is 30.7 Å². The number of azide groups is 1. The summed E-state index contributed by atoms with van der Waals surface area (Å²) in [6.45, 7) is -0.996. The van der Waals surface area contributed by atoms with Crippen LogP contribution < -0.4 is 5.32 Å². The van der Waals surface area contributed by atoms with Crippen LogP contribution in [-0.2, 0) is 4.74 Å². The molecule has 1 saturated carbocycles. The largest absolute Gasteiger partial charge is 0.438 e. The van der Waals surface area contributed by atoms with E-state index in [0.717, 1.165) is 25.7 Å². The van der Waals surface area contributed by atoms with E-state index in [1.165, 1.54) is 6.42 Å². The van der Waals surface area contributed by atoms with Crippen LogP contribution in [0.3, 0.4) is 0 Å². The number of halogens is 2. The maximum absolute atomic E-state index is 13.9. The fourth-order valence-electron chi connectivity index (χ4n) is 3.02. The standard InChI is InChI=1S/C12H18F2N4O2/c13-12(14,7-16-18-15)10-9(17-11(19)20-10)6-8-4-2-1-3-5-8/h8-10H,1-7H2,(H,17,19)/t9-,10?/m0/s1. The van der Waals surface area contributed by atoms with Crippen molar-refractivity contribution in [1.29, 1.82) is 0 Å². The van der Waals surface area contributed by atoms with Gasteiger partial charge in [-0.2, -0.15) is 0 Å². The lowest BCUT2D eigenvalue weighted by atomic mass is 9.83. The summed E-state index contributed by atoms with van der Waals surface area (Å²) in [6.07, 6.45) is 3.50. The Morgan fingerprint density at radius 2 is 2.10 bits per heavy atom. The molecule has 0 spiro atoms. The SMILES string of the molecule is [N-]=[N+]=NCC(F)(F)C1OC(=O)N[C@H]1CC1CCCCC1. The summed E-state index contributed by atoms with van der Waals surface area (Å²) in [5.74, 6) is -3.00. The van der Waals surface area contributed by atoms with Gasteiger partial charge in [-0.1, -0.05) is 37.2 Å². The number of cyclic esters (lactones) is 1. The minimum absolute atomic E-state index is 0.341. The summed E-state index contributed by atoms with van der Waals surface area (Å²) in [5.41, 5.74) is 8.15. The monoisotopic (exact) mass is 288 g/mol. The van der Waals surface area contributed by atoms with Gasteiger partial charge < -0.3 is 10.1 Å². The van der Waals surface area contributed by atoms with Crippen molar-refractivity contribution in [1.82, 2.24) is 5.32 Å². The van der Waals surface area contributed by atoms with Crippen molar-refractivity contribution in [3.63, 3.8) is 0 Å². The molecule has 1 aliphatic carbocycles. The molecule has 2 aliphatic rings. The Bertz CT molecular complexity index is 406. The highest BCUT2D eigenvalue weighted by Gasteiger charge is 2.51. The minimum atomic E-state index is -3.34. The minimum Gasteiger partial charge on any atom is -0.438 e. The van der Waals surface area contributed by atoms with E-state index >= 15 is 0 Å². The van der Waals surface area contributed by atoms with Gasteiger partial charge in [0.1, 0.15) is 0 Å². The molecule has 1 saturated heterocycles. The Balaban J connectivity index is 2.01. The first-order valence-corrected chi connectivity index (χ1v) is 6.89. The molecule has 0 aromatic heterocycles. The van der Waals surface area contributed by atoms with Crippen LogP contribution in [0.25, 0.3) is 10.4 Å². The number of carbonyl (C=O) groups excluding carboxylic acids is 1. The zero-order valence-electron chi connectivity index (χ0n) is 11.1. The smallest absolute Gasteiger partial charge is 0.408 e. The summed E-state index contributed by atoms with van der Waals surface area (Å²) < 4.78 is 32.5. The van der Waals surface area contributed by atoms with Crippen molar-refractivity contribution in [3.8, 4) is 0 Å². The Morgan fingerprint density at radius 1 is 1.40 bits per heavy atom. The third-order valence-corrected chi connectivity index (χ3v) is 3.98. The van der Waals surface area contributed by atoms with Crippen LogP contribution in [-0.4, -0.2) is 30.7 Å². The third kappa shape index (κ3) is 3.50. The summed E-state index contributed by atoms with van der Waals surface area (Å²) in [6, 6.07) is -0.713. The van der Waals surface area contributed by atoms with Crippen LogP contribution >= 0.6 is 0 Å². The van der Waals surface area contributed by atoms with E-state index in [9.17, 15) is 13.6 Å². The van der Waals surface area contributed by atoms with Gasteiger partial charge >= 0.3 is 6.09 Å². The van der Waals surface area contributed by atoms with Gasteiger partial charge in [0.05, 0.1) is 12.6 Å². The van der Waals surface area contributed by atoms with E-state index in [1.54, 1.807) is 0 Å². The van der Waals surface area contributed by atoms with Gasteiger partial charge in [-0.05, 0) is 17.9 Å². The number of ether oxygens (including phenoxy) is 1. The lowest BCUT2D eigenvalue weighted by Crippen LogP contribution is -2.46. The van der Waals surface area contributed by atoms with Gasteiger partial charge in [-0.25, -0.2) is 13.6 Å². The number of alkyl halides is 2. The predicted molar refractivity (Wildman–Crippen MR) is 67.3 cm³/mol. The van der Waals surface area contributed by atoms with Crippen LogP contribution in [0.4, 0.5) is 13.6 Å². The fourth-order valence-corrected chi connectivity index (χ4v) is 3.02. The Hall–Kier alpha value is -1.56. The topological polar surface area (TPSA) is 87.1 Å². The molecule has 1 heterocycles. The molecule has 0 aromatic rings. The fraction of sp³-hybridized carbons (Fsp3) is 0.917. The van der Waals surface area contributed by atoms with Crippen molar-refractivity contribution >= 4 is 6.09 Å². The maximum atomic E-state index is 13.9. The predicted octanol–water partition coefficient (Wildman–Crippen LogP) is 3.38. The molecule has 8 heteroatoms. The van der Waals surface area contributed by atoms with E-state index in [2.05, 4.69) is 15.3 Å². The highest BCUT2D eigenvalue weighted by molar-refractivity contribution is 5.70. The van der Waals surface area contributed by atoms with Gasteiger partial charge in [-0.3, -0.25) is 0 Å². The van der Waals surface area contributed by atoms with Crippen molar-refractivity contribution in [2.45, 2.75) is 56.6 Å². The van der Waals surface area contributed by atoms with Gasteiger partial charge in [0, 0.05) is 4.91 Å². The molecule has 0 radical (unpaired) electrons. The second-order valence-corrected chi connectivity index (χ2v) is 5.47. The molecule has 1 aliphatic heterocycles. The summed E-state index contributed by atoms with van der Waals surface area (Å²) in [7, 11) is 0. The van der Waals surface area contributed by atoms with Crippen molar-refractivity contribution < 1.29 is 18.3 Å². The summed E-state index contributed by atoms with van der Waals surface area (Å²) in [4.78, 5) is 13.6. The highest BCUT2D eigenvalue weighted by atomic mass is 19.3. The number of nitrogens with one attached hydrogen (secondary N) is 1. The molecule has 20 heavy (non-hydrogen) atoms. The molecule has 1 unspecified atom stereocenters. The number of hydrogen-bond donors (Lipinski definition) is 1. The van der Waals surface area contributed by atoms with E-state index in [-0.39, 0.29) is 0 Å². The first kappa shape index (κ1) is 14.8. The van der Waals surface area contributed by atoms with E-state index in [0.29, 0.717) is 12.3 Å². The van der Waals surface area contributed by atoms with Crippen LogP contribution in [0.2, 0.25) is 0 Å². The first-order valence-electron chi connectivity index (χ1n) is 6.89. The number of nitrogens with zero attached hydrogens (tertiary/aromatic N) is 3. The van der Waals surface area contributed by atoms with Crippen LogP contribution in [0.15, 0.2) is 5.11 Å². The third-order valence-electron chi connectivity index (χ3n) is 3.98. The normalized spacial score (nSPS) is 27.6. The van der Waals surface area contributed by atoms with Crippen LogP contribution in [0.1, 0.15) is 38.5 Å². The number of alkyl carbamates (subject to hydrolysis) is 1.